The molecule has 3 N–H and O–H groups in total. The van der Waals surface area contributed by atoms with Gasteiger partial charge < -0.3 is 25.4 Å². The van der Waals surface area contributed by atoms with Gasteiger partial charge in [-0.1, -0.05) is 66.7 Å². The highest BCUT2D eigenvalue weighted by Gasteiger charge is 2.24. The average Bonchev–Trinajstić information content (AvgIpc) is 3.15. The van der Waals surface area contributed by atoms with Gasteiger partial charge in [-0.3, -0.25) is 24.5 Å². The third-order valence-corrected chi connectivity index (χ3v) is 8.87. The van der Waals surface area contributed by atoms with Gasteiger partial charge in [0.1, 0.15) is 10.9 Å². The molecule has 0 radical (unpaired) electrons. The summed E-state index contributed by atoms with van der Waals surface area (Å²) in [4.78, 5) is 52.2. The largest absolute Gasteiger partial charge is 0.493 e. The fraction of sp³-hybridized carbons (Fsp3) is 0.103. The predicted octanol–water partition coefficient (Wildman–Crippen LogP) is 7.80. The van der Waals surface area contributed by atoms with E-state index in [-0.39, 0.29) is 17.3 Å². The molecule has 3 amide bonds. The standard InChI is InChI=1S/C39H34N4O7S/c1-25-17-19-30(43(47)48)24-32(25)41-39(46)36(27-11-6-4-7-12-27)51-31-16-10-15-29(23-31)40-38(45)33(42-37(44)28-13-8-5-9-14-28)21-26-18-20-34(49-2)35(22-26)50-3/h4-24,36H,1-3H3,(H,40,45)(H,41,46)(H,42,44)/b33-21+. The van der Waals surface area contributed by atoms with E-state index in [4.69, 9.17) is 9.47 Å². The molecule has 0 heterocycles. The topological polar surface area (TPSA) is 149 Å². The molecule has 0 fully saturated rings. The van der Waals surface area contributed by atoms with Crippen LogP contribution in [0, 0.1) is 17.0 Å². The minimum atomic E-state index is -0.749. The number of nitro benzene ring substituents is 1. The highest BCUT2D eigenvalue weighted by atomic mass is 32.2. The van der Waals surface area contributed by atoms with Crippen molar-refractivity contribution in [1.29, 1.82) is 0 Å². The smallest absolute Gasteiger partial charge is 0.272 e. The summed E-state index contributed by atoms with van der Waals surface area (Å²) in [7, 11) is 3.02. The molecule has 5 aromatic rings. The number of ether oxygens (including phenoxy) is 2. The Labute approximate surface area is 298 Å². The Balaban J connectivity index is 1.41. The number of aryl methyl sites for hydroxylation is 1. The summed E-state index contributed by atoms with van der Waals surface area (Å²) in [6.45, 7) is 1.76. The van der Waals surface area contributed by atoms with Crippen LogP contribution in [0.3, 0.4) is 0 Å². The van der Waals surface area contributed by atoms with Gasteiger partial charge in [-0.15, -0.1) is 11.8 Å². The van der Waals surface area contributed by atoms with Gasteiger partial charge in [-0.05, 0) is 72.2 Å². The van der Waals surface area contributed by atoms with E-state index in [2.05, 4.69) is 16.0 Å². The van der Waals surface area contributed by atoms with E-state index in [1.807, 2.05) is 30.3 Å². The molecule has 0 aliphatic rings. The van der Waals surface area contributed by atoms with Crippen LogP contribution in [0.5, 0.6) is 11.5 Å². The van der Waals surface area contributed by atoms with Crippen LogP contribution in [0.15, 0.2) is 132 Å². The van der Waals surface area contributed by atoms with E-state index in [1.54, 1.807) is 85.8 Å². The molecular formula is C39H34N4O7S. The summed E-state index contributed by atoms with van der Waals surface area (Å²) >= 11 is 1.25. The third-order valence-electron chi connectivity index (χ3n) is 7.62. The van der Waals surface area contributed by atoms with Gasteiger partial charge in [-0.2, -0.15) is 0 Å². The highest BCUT2D eigenvalue weighted by molar-refractivity contribution is 8.00. The third kappa shape index (κ3) is 9.40. The number of rotatable bonds is 13. The quantitative estimate of drug-likeness (QED) is 0.0487. The Kier molecular flexibility index (Phi) is 11.8. The maximum atomic E-state index is 13.8. The summed E-state index contributed by atoms with van der Waals surface area (Å²) in [5.41, 5.74) is 2.92. The summed E-state index contributed by atoms with van der Waals surface area (Å²) < 4.78 is 10.7. The molecule has 5 rings (SSSR count). The Morgan fingerprint density at radius 1 is 0.784 bits per heavy atom. The van der Waals surface area contributed by atoms with Crippen molar-refractivity contribution in [2.75, 3.05) is 24.9 Å². The van der Waals surface area contributed by atoms with Crippen molar-refractivity contribution in [1.82, 2.24) is 5.32 Å². The summed E-state index contributed by atoms with van der Waals surface area (Å²) in [5.74, 6) is -0.492. The van der Waals surface area contributed by atoms with Gasteiger partial charge in [0.05, 0.1) is 24.8 Å². The van der Waals surface area contributed by atoms with Crippen LogP contribution < -0.4 is 25.4 Å². The van der Waals surface area contributed by atoms with Crippen molar-refractivity contribution < 1.29 is 28.8 Å². The summed E-state index contributed by atoms with van der Waals surface area (Å²) in [6, 6.07) is 34.0. The molecule has 0 aliphatic heterocycles. The lowest BCUT2D eigenvalue weighted by Crippen LogP contribution is -2.30. The Hall–Kier alpha value is -6.40. The predicted molar refractivity (Wildman–Crippen MR) is 198 cm³/mol. The number of anilines is 2. The number of nitrogens with zero attached hydrogens (tertiary/aromatic N) is 1. The summed E-state index contributed by atoms with van der Waals surface area (Å²) in [6.07, 6.45) is 1.53. The highest BCUT2D eigenvalue weighted by Crippen LogP contribution is 2.38. The maximum absolute atomic E-state index is 13.8. The number of amides is 3. The van der Waals surface area contributed by atoms with Crippen molar-refractivity contribution in [2.45, 2.75) is 17.1 Å². The lowest BCUT2D eigenvalue weighted by Gasteiger charge is -2.18. The fourth-order valence-electron chi connectivity index (χ4n) is 4.99. The minimum Gasteiger partial charge on any atom is -0.493 e. The van der Waals surface area contributed by atoms with Crippen LogP contribution in [0.1, 0.15) is 32.3 Å². The van der Waals surface area contributed by atoms with Crippen LogP contribution in [-0.2, 0) is 9.59 Å². The molecule has 0 bridgehead atoms. The number of benzene rings is 5. The van der Waals surface area contributed by atoms with Crippen LogP contribution in [0.25, 0.3) is 6.08 Å². The van der Waals surface area contributed by atoms with Crippen molar-refractivity contribution in [2.24, 2.45) is 0 Å². The molecule has 5 aromatic carbocycles. The number of hydrogen-bond donors (Lipinski definition) is 3. The van der Waals surface area contributed by atoms with Crippen molar-refractivity contribution in [3.63, 3.8) is 0 Å². The minimum absolute atomic E-state index is 0.0250. The fourth-order valence-corrected chi connectivity index (χ4v) is 6.07. The first-order valence-corrected chi connectivity index (χ1v) is 16.5. The van der Waals surface area contributed by atoms with Crippen LogP contribution in [0.4, 0.5) is 17.1 Å². The Morgan fingerprint density at radius 3 is 2.18 bits per heavy atom. The monoisotopic (exact) mass is 702 g/mol. The number of nitrogens with one attached hydrogen (secondary N) is 3. The van der Waals surface area contributed by atoms with Crippen LogP contribution in [0.2, 0.25) is 0 Å². The molecule has 1 unspecified atom stereocenters. The lowest BCUT2D eigenvalue weighted by molar-refractivity contribution is -0.384. The van der Waals surface area contributed by atoms with Crippen molar-refractivity contribution in [3.8, 4) is 11.5 Å². The first kappa shape index (κ1) is 35.9. The number of thioether (sulfide) groups is 1. The maximum Gasteiger partial charge on any atom is 0.272 e. The molecule has 51 heavy (non-hydrogen) atoms. The van der Waals surface area contributed by atoms with E-state index in [0.717, 1.165) is 0 Å². The van der Waals surface area contributed by atoms with Gasteiger partial charge in [0.15, 0.2) is 11.5 Å². The number of nitro groups is 1. The molecule has 12 heteroatoms. The van der Waals surface area contributed by atoms with E-state index in [9.17, 15) is 24.5 Å². The molecule has 11 nitrogen and oxygen atoms in total. The van der Waals surface area contributed by atoms with Gasteiger partial charge >= 0.3 is 0 Å². The van der Waals surface area contributed by atoms with E-state index < -0.39 is 22.0 Å². The molecule has 0 saturated heterocycles. The van der Waals surface area contributed by atoms with E-state index in [0.29, 0.717) is 50.0 Å². The first-order valence-electron chi connectivity index (χ1n) is 15.6. The van der Waals surface area contributed by atoms with Crippen molar-refractivity contribution in [3.05, 3.63) is 159 Å². The number of hydrogen-bond acceptors (Lipinski definition) is 8. The van der Waals surface area contributed by atoms with Gasteiger partial charge in [-0.25, -0.2) is 0 Å². The molecule has 258 valence electrons. The molecule has 0 saturated carbocycles. The molecule has 0 aromatic heterocycles. The van der Waals surface area contributed by atoms with Crippen LogP contribution >= 0.6 is 11.8 Å². The molecule has 0 aliphatic carbocycles. The van der Waals surface area contributed by atoms with Gasteiger partial charge in [0.25, 0.3) is 17.5 Å². The first-order chi connectivity index (χ1) is 24.6. The zero-order valence-corrected chi connectivity index (χ0v) is 28.7. The van der Waals surface area contributed by atoms with Crippen LogP contribution in [-0.4, -0.2) is 36.9 Å². The van der Waals surface area contributed by atoms with Gasteiger partial charge in [0, 0.05) is 28.3 Å². The second-order valence-corrected chi connectivity index (χ2v) is 12.3. The number of methoxy groups -OCH3 is 2. The zero-order valence-electron chi connectivity index (χ0n) is 27.9. The lowest BCUT2D eigenvalue weighted by atomic mass is 10.1. The zero-order chi connectivity index (χ0) is 36.3. The normalized spacial score (nSPS) is 11.5. The number of non-ortho nitro benzene ring substituents is 1. The molecule has 1 atom stereocenters. The van der Waals surface area contributed by atoms with Gasteiger partial charge in [0.2, 0.25) is 5.91 Å². The second kappa shape index (κ2) is 16.8. The average molecular weight is 703 g/mol. The SMILES string of the molecule is COc1ccc(/C=C(/NC(=O)c2ccccc2)C(=O)Nc2cccc(SC(C(=O)Nc3cc([N+](=O)[O-])ccc3C)c3ccccc3)c2)cc1OC. The van der Waals surface area contributed by atoms with Crippen molar-refractivity contribution >= 4 is 52.6 Å². The molecular weight excluding hydrogens is 669 g/mol. The van der Waals surface area contributed by atoms with E-state index in [1.165, 1.54) is 44.2 Å². The summed E-state index contributed by atoms with van der Waals surface area (Å²) in [5, 5.41) is 19.1. The number of carbonyl (C=O) groups excluding carboxylic acids is 3. The Bertz CT molecular complexity index is 2090. The second-order valence-electron chi connectivity index (χ2n) is 11.1. The Morgan fingerprint density at radius 2 is 1.49 bits per heavy atom. The van der Waals surface area contributed by atoms with E-state index >= 15 is 0 Å². The number of carbonyl (C=O) groups is 3. The molecule has 0 spiro atoms.